The highest BCUT2D eigenvalue weighted by Gasteiger charge is 2.43. The highest BCUT2D eigenvalue weighted by Crippen LogP contribution is 2.40. The number of ketones is 3. The molecule has 0 saturated heterocycles. The minimum absolute atomic E-state index is 0.142. The first kappa shape index (κ1) is 12.0. The second-order valence-corrected chi connectivity index (χ2v) is 5.22. The van der Waals surface area contributed by atoms with Crippen LogP contribution in [0.15, 0.2) is 54.6 Å². The Balaban J connectivity index is 1.88. The Labute approximate surface area is 120 Å². The standard InChI is InChI=1S/C18H10O3/c19-15-9-14(10-5-1-2-6-11(10)15)16-17(20)12-7-3-4-8-13(12)18(16)21/h1-9,16H. The number of rotatable bonds is 1. The van der Waals surface area contributed by atoms with E-state index in [0.717, 1.165) is 0 Å². The largest absolute Gasteiger partial charge is 0.293 e. The average molecular weight is 274 g/mol. The van der Waals surface area contributed by atoms with Gasteiger partial charge in [-0.1, -0.05) is 48.5 Å². The van der Waals surface area contributed by atoms with Gasteiger partial charge in [-0.2, -0.15) is 0 Å². The zero-order chi connectivity index (χ0) is 14.6. The molecule has 0 aliphatic heterocycles. The van der Waals surface area contributed by atoms with E-state index < -0.39 is 5.92 Å². The zero-order valence-corrected chi connectivity index (χ0v) is 11.0. The summed E-state index contributed by atoms with van der Waals surface area (Å²) < 4.78 is 0. The van der Waals surface area contributed by atoms with Gasteiger partial charge in [-0.15, -0.1) is 0 Å². The summed E-state index contributed by atoms with van der Waals surface area (Å²) in [7, 11) is 0. The molecule has 0 bridgehead atoms. The SMILES string of the molecule is O=C1C=C(C2C(=O)c3ccccc3C2=O)c2ccccc21. The number of hydrogen-bond donors (Lipinski definition) is 0. The van der Waals surface area contributed by atoms with Crippen molar-refractivity contribution in [1.29, 1.82) is 0 Å². The minimum atomic E-state index is -0.880. The van der Waals surface area contributed by atoms with Gasteiger partial charge in [0.05, 0.1) is 0 Å². The van der Waals surface area contributed by atoms with E-state index in [1.54, 1.807) is 42.5 Å². The molecule has 4 rings (SSSR count). The molecule has 0 aromatic heterocycles. The van der Waals surface area contributed by atoms with Crippen molar-refractivity contribution in [2.24, 2.45) is 5.92 Å². The molecule has 0 fully saturated rings. The van der Waals surface area contributed by atoms with E-state index in [4.69, 9.17) is 0 Å². The van der Waals surface area contributed by atoms with Crippen LogP contribution in [-0.4, -0.2) is 17.3 Å². The molecule has 21 heavy (non-hydrogen) atoms. The van der Waals surface area contributed by atoms with Crippen molar-refractivity contribution in [2.45, 2.75) is 0 Å². The third-order valence-corrected chi connectivity index (χ3v) is 4.08. The Morgan fingerprint density at radius 1 is 0.619 bits per heavy atom. The first-order chi connectivity index (χ1) is 10.2. The van der Waals surface area contributed by atoms with Crippen molar-refractivity contribution < 1.29 is 14.4 Å². The average Bonchev–Trinajstić information content (AvgIpc) is 2.96. The first-order valence-electron chi connectivity index (χ1n) is 6.71. The summed E-state index contributed by atoms with van der Waals surface area (Å²) in [5.41, 5.74) is 2.68. The lowest BCUT2D eigenvalue weighted by Gasteiger charge is -2.09. The quantitative estimate of drug-likeness (QED) is 0.751. The minimum Gasteiger partial charge on any atom is -0.293 e. The highest BCUT2D eigenvalue weighted by atomic mass is 16.2. The van der Waals surface area contributed by atoms with Gasteiger partial charge in [-0.25, -0.2) is 0 Å². The van der Waals surface area contributed by atoms with E-state index in [0.29, 0.717) is 27.8 Å². The molecule has 0 saturated carbocycles. The number of benzene rings is 2. The van der Waals surface area contributed by atoms with Gasteiger partial charge in [0.2, 0.25) is 0 Å². The maximum absolute atomic E-state index is 12.5. The van der Waals surface area contributed by atoms with Crippen LogP contribution in [0.3, 0.4) is 0 Å². The monoisotopic (exact) mass is 274 g/mol. The molecule has 0 heterocycles. The second kappa shape index (κ2) is 4.09. The summed E-state index contributed by atoms with van der Waals surface area (Å²) in [6, 6.07) is 13.9. The topological polar surface area (TPSA) is 51.2 Å². The lowest BCUT2D eigenvalue weighted by molar-refractivity contribution is 0.0878. The molecule has 0 atom stereocenters. The molecule has 2 aromatic carbocycles. The molecule has 2 aromatic rings. The van der Waals surface area contributed by atoms with E-state index in [1.165, 1.54) is 6.08 Å². The fourth-order valence-electron chi connectivity index (χ4n) is 3.11. The van der Waals surface area contributed by atoms with E-state index in [9.17, 15) is 14.4 Å². The van der Waals surface area contributed by atoms with Crippen LogP contribution in [0.25, 0.3) is 5.57 Å². The number of hydrogen-bond acceptors (Lipinski definition) is 3. The summed E-state index contributed by atoms with van der Waals surface area (Å²) in [6.07, 6.45) is 1.43. The molecule has 0 amide bonds. The summed E-state index contributed by atoms with van der Waals surface area (Å²) in [5.74, 6) is -1.45. The van der Waals surface area contributed by atoms with Crippen molar-refractivity contribution in [3.8, 4) is 0 Å². The Hall–Kier alpha value is -2.81. The van der Waals surface area contributed by atoms with Crippen LogP contribution in [-0.2, 0) is 0 Å². The van der Waals surface area contributed by atoms with Crippen LogP contribution >= 0.6 is 0 Å². The fourth-order valence-corrected chi connectivity index (χ4v) is 3.11. The van der Waals surface area contributed by atoms with Crippen LogP contribution in [0.4, 0.5) is 0 Å². The molecule has 0 N–H and O–H groups in total. The Morgan fingerprint density at radius 3 is 1.67 bits per heavy atom. The Bertz CT molecular complexity index is 823. The van der Waals surface area contributed by atoms with Crippen LogP contribution in [0.2, 0.25) is 0 Å². The third-order valence-electron chi connectivity index (χ3n) is 4.08. The van der Waals surface area contributed by atoms with Gasteiger partial charge in [0.15, 0.2) is 17.3 Å². The molecule has 2 aliphatic rings. The number of fused-ring (bicyclic) bond motifs is 2. The smallest absolute Gasteiger partial charge is 0.186 e. The normalized spacial score (nSPS) is 17.0. The van der Waals surface area contributed by atoms with Crippen LogP contribution in [0.5, 0.6) is 0 Å². The molecule has 0 unspecified atom stereocenters. The van der Waals surface area contributed by atoms with Crippen LogP contribution < -0.4 is 0 Å². The number of allylic oxidation sites excluding steroid dienone is 2. The van der Waals surface area contributed by atoms with Gasteiger partial charge in [0.1, 0.15) is 5.92 Å². The summed E-state index contributed by atoms with van der Waals surface area (Å²) in [4.78, 5) is 37.1. The van der Waals surface area contributed by atoms with Crippen LogP contribution in [0.1, 0.15) is 36.6 Å². The van der Waals surface area contributed by atoms with Gasteiger partial charge in [0.25, 0.3) is 0 Å². The van der Waals surface area contributed by atoms with Crippen molar-refractivity contribution in [3.63, 3.8) is 0 Å². The summed E-state index contributed by atoms with van der Waals surface area (Å²) in [5, 5.41) is 0. The molecule has 3 nitrogen and oxygen atoms in total. The van der Waals surface area contributed by atoms with Gasteiger partial charge in [-0.05, 0) is 17.2 Å². The fraction of sp³-hybridized carbons (Fsp3) is 0.0556. The van der Waals surface area contributed by atoms with Crippen molar-refractivity contribution in [1.82, 2.24) is 0 Å². The van der Waals surface area contributed by atoms with E-state index >= 15 is 0 Å². The lowest BCUT2D eigenvalue weighted by Crippen LogP contribution is -2.16. The number of carbonyl (C=O) groups is 3. The third kappa shape index (κ3) is 1.51. The molecular weight excluding hydrogens is 264 g/mol. The van der Waals surface area contributed by atoms with Crippen molar-refractivity contribution in [3.05, 3.63) is 76.9 Å². The van der Waals surface area contributed by atoms with E-state index in [1.807, 2.05) is 6.07 Å². The Morgan fingerprint density at radius 2 is 1.10 bits per heavy atom. The van der Waals surface area contributed by atoms with Crippen molar-refractivity contribution >= 4 is 22.9 Å². The second-order valence-electron chi connectivity index (χ2n) is 5.22. The van der Waals surface area contributed by atoms with Gasteiger partial charge >= 0.3 is 0 Å². The zero-order valence-electron chi connectivity index (χ0n) is 11.0. The van der Waals surface area contributed by atoms with Gasteiger partial charge in [0, 0.05) is 16.7 Å². The lowest BCUT2D eigenvalue weighted by atomic mass is 9.90. The maximum Gasteiger partial charge on any atom is 0.186 e. The Kier molecular flexibility index (Phi) is 2.33. The number of Topliss-reactive ketones (excluding diaryl/α,β-unsaturated/α-hetero) is 2. The van der Waals surface area contributed by atoms with Crippen LogP contribution in [0, 0.1) is 5.92 Å². The maximum atomic E-state index is 12.5. The van der Waals surface area contributed by atoms with Gasteiger partial charge < -0.3 is 0 Å². The predicted octanol–water partition coefficient (Wildman–Crippen LogP) is 2.96. The molecular formula is C18H10O3. The van der Waals surface area contributed by atoms with Gasteiger partial charge in [-0.3, -0.25) is 14.4 Å². The number of carbonyl (C=O) groups excluding carboxylic acids is 3. The first-order valence-corrected chi connectivity index (χ1v) is 6.71. The molecule has 3 heteroatoms. The van der Waals surface area contributed by atoms with Crippen molar-refractivity contribution in [2.75, 3.05) is 0 Å². The molecule has 100 valence electrons. The summed E-state index contributed by atoms with van der Waals surface area (Å²) in [6.45, 7) is 0. The van der Waals surface area contributed by atoms with E-state index in [2.05, 4.69) is 0 Å². The molecule has 0 spiro atoms. The predicted molar refractivity (Wildman–Crippen MR) is 77.3 cm³/mol. The highest BCUT2D eigenvalue weighted by molar-refractivity contribution is 6.34. The summed E-state index contributed by atoms with van der Waals surface area (Å²) >= 11 is 0. The molecule has 0 radical (unpaired) electrons. The molecule has 2 aliphatic carbocycles. The van der Waals surface area contributed by atoms with E-state index in [-0.39, 0.29) is 17.3 Å².